The smallest absolute Gasteiger partial charge is 0.220 e. The van der Waals surface area contributed by atoms with E-state index in [1.54, 1.807) is 6.26 Å². The summed E-state index contributed by atoms with van der Waals surface area (Å²) in [7, 11) is 0. The molecule has 1 amide bonds. The van der Waals surface area contributed by atoms with E-state index in [0.717, 1.165) is 43.8 Å². The van der Waals surface area contributed by atoms with E-state index in [1.807, 2.05) is 19.1 Å². The second kappa shape index (κ2) is 9.77. The molecule has 3 aromatic rings. The van der Waals surface area contributed by atoms with Crippen LogP contribution in [0.15, 0.2) is 71.3 Å². The maximum absolute atomic E-state index is 12.4. The van der Waals surface area contributed by atoms with Crippen LogP contribution in [0.25, 0.3) is 11.3 Å². The summed E-state index contributed by atoms with van der Waals surface area (Å²) in [5.41, 5.74) is 4.95. The van der Waals surface area contributed by atoms with E-state index in [9.17, 15) is 4.79 Å². The molecule has 2 heterocycles. The lowest BCUT2D eigenvalue weighted by atomic mass is 9.71. The van der Waals surface area contributed by atoms with Crippen molar-refractivity contribution < 1.29 is 13.9 Å². The molecule has 1 aromatic heterocycles. The van der Waals surface area contributed by atoms with Crippen LogP contribution in [-0.2, 0) is 21.5 Å². The van der Waals surface area contributed by atoms with Crippen molar-refractivity contribution in [1.29, 1.82) is 0 Å². The Balaban J connectivity index is 1.39. The molecule has 5 rings (SSSR count). The highest BCUT2D eigenvalue weighted by atomic mass is 16.5. The highest BCUT2D eigenvalue weighted by Crippen LogP contribution is 2.52. The lowest BCUT2D eigenvalue weighted by molar-refractivity contribution is -0.123. The highest BCUT2D eigenvalue weighted by molar-refractivity contribution is 5.76. The third-order valence-electron chi connectivity index (χ3n) is 7.61. The Labute approximate surface area is 202 Å². The quantitative estimate of drug-likeness (QED) is 0.510. The Bertz CT molecular complexity index is 1120. The molecule has 5 heteroatoms. The molecule has 0 saturated carbocycles. The average molecular weight is 459 g/mol. The first kappa shape index (κ1) is 22.9. The summed E-state index contributed by atoms with van der Waals surface area (Å²) >= 11 is 0. The van der Waals surface area contributed by atoms with Gasteiger partial charge in [-0.2, -0.15) is 0 Å². The molecule has 2 aromatic carbocycles. The topological polar surface area (TPSA) is 54.7 Å². The van der Waals surface area contributed by atoms with Crippen LogP contribution >= 0.6 is 0 Å². The number of likely N-dealkylation sites (tertiary alicyclic amines) is 1. The van der Waals surface area contributed by atoms with Crippen LogP contribution in [0, 0.1) is 0 Å². The zero-order valence-corrected chi connectivity index (χ0v) is 20.1. The Morgan fingerprint density at radius 1 is 1.06 bits per heavy atom. The predicted molar refractivity (Wildman–Crippen MR) is 133 cm³/mol. The Morgan fingerprint density at radius 3 is 2.56 bits per heavy atom. The van der Waals surface area contributed by atoms with E-state index >= 15 is 0 Å². The number of furan rings is 1. The lowest BCUT2D eigenvalue weighted by Crippen LogP contribution is -2.50. The minimum absolute atomic E-state index is 0.0389. The number of benzene rings is 2. The molecule has 2 aliphatic rings. The number of piperidine rings is 1. The van der Waals surface area contributed by atoms with Gasteiger partial charge in [0.1, 0.15) is 5.76 Å². The Morgan fingerprint density at radius 2 is 1.82 bits per heavy atom. The molecular formula is C29H34N2O3. The number of ether oxygens (including phenoxy) is 1. The first-order valence-corrected chi connectivity index (χ1v) is 12.5. The van der Waals surface area contributed by atoms with Crippen molar-refractivity contribution in [3.63, 3.8) is 0 Å². The van der Waals surface area contributed by atoms with Gasteiger partial charge in [0.05, 0.1) is 18.4 Å². The predicted octanol–water partition coefficient (Wildman–Crippen LogP) is 5.47. The fourth-order valence-electron chi connectivity index (χ4n) is 5.96. The zero-order chi connectivity index (χ0) is 23.5. The van der Waals surface area contributed by atoms with Crippen LogP contribution in [0.2, 0.25) is 0 Å². The number of nitrogens with zero attached hydrogens (tertiary/aromatic N) is 1. The molecule has 0 unspecified atom stereocenters. The van der Waals surface area contributed by atoms with Gasteiger partial charge in [-0.25, -0.2) is 0 Å². The maximum atomic E-state index is 12.4. The van der Waals surface area contributed by atoms with Gasteiger partial charge in [0, 0.05) is 30.6 Å². The van der Waals surface area contributed by atoms with Crippen LogP contribution in [0.3, 0.4) is 0 Å². The van der Waals surface area contributed by atoms with Crippen LogP contribution < -0.4 is 5.32 Å². The van der Waals surface area contributed by atoms with Crippen molar-refractivity contribution in [3.8, 4) is 11.3 Å². The molecule has 1 aliphatic carbocycles. The summed E-state index contributed by atoms with van der Waals surface area (Å²) in [6, 6.07) is 21.0. The number of carbonyl (C=O) groups is 1. The number of amides is 1. The van der Waals surface area contributed by atoms with Crippen LogP contribution in [0.1, 0.15) is 55.8 Å². The third-order valence-corrected chi connectivity index (χ3v) is 7.61. The van der Waals surface area contributed by atoms with Gasteiger partial charge in [0.15, 0.2) is 0 Å². The second-order valence-electron chi connectivity index (χ2n) is 9.43. The van der Waals surface area contributed by atoms with Crippen LogP contribution in [0.5, 0.6) is 0 Å². The van der Waals surface area contributed by atoms with Crippen molar-refractivity contribution in [2.24, 2.45) is 0 Å². The van der Waals surface area contributed by atoms with Gasteiger partial charge in [-0.15, -0.1) is 0 Å². The standard InChI is InChI=1S/C29H34N2O3/c1-3-26(32)30-27-23-12-7-8-13-24(23)29(28(27)33-4-2)15-17-31(18-16-29)20-21-10-5-6-11-22(21)25-14-9-19-34-25/h5-14,19,27-28H,3-4,15-18,20H2,1-2H3,(H,30,32)/t27-,28+/m0/s1. The fourth-order valence-corrected chi connectivity index (χ4v) is 5.96. The average Bonchev–Trinajstić information content (AvgIpc) is 3.49. The van der Waals surface area contributed by atoms with E-state index in [0.29, 0.717) is 13.0 Å². The molecule has 1 N–H and O–H groups in total. The summed E-state index contributed by atoms with van der Waals surface area (Å²) in [6.07, 6.45) is 4.19. The largest absolute Gasteiger partial charge is 0.464 e. The monoisotopic (exact) mass is 458 g/mol. The summed E-state index contributed by atoms with van der Waals surface area (Å²) in [4.78, 5) is 14.9. The molecule has 0 bridgehead atoms. The molecule has 1 spiro atoms. The van der Waals surface area contributed by atoms with Gasteiger partial charge in [-0.3, -0.25) is 9.69 Å². The molecule has 0 radical (unpaired) electrons. The summed E-state index contributed by atoms with van der Waals surface area (Å²) < 4.78 is 12.1. The van der Waals surface area contributed by atoms with Crippen molar-refractivity contribution in [1.82, 2.24) is 10.2 Å². The van der Waals surface area contributed by atoms with E-state index in [4.69, 9.17) is 9.15 Å². The summed E-state index contributed by atoms with van der Waals surface area (Å²) in [5, 5.41) is 3.28. The van der Waals surface area contributed by atoms with Crippen LogP contribution in [0.4, 0.5) is 0 Å². The molecule has 1 saturated heterocycles. The molecule has 1 fully saturated rings. The van der Waals surface area contributed by atoms with Gasteiger partial charge >= 0.3 is 0 Å². The molecule has 34 heavy (non-hydrogen) atoms. The number of nitrogens with one attached hydrogen (secondary N) is 1. The van der Waals surface area contributed by atoms with E-state index in [2.05, 4.69) is 65.7 Å². The zero-order valence-electron chi connectivity index (χ0n) is 20.1. The van der Waals surface area contributed by atoms with Crippen molar-refractivity contribution in [2.75, 3.05) is 19.7 Å². The number of hydrogen-bond donors (Lipinski definition) is 1. The van der Waals surface area contributed by atoms with Gasteiger partial charge < -0.3 is 14.5 Å². The van der Waals surface area contributed by atoms with Gasteiger partial charge in [-0.05, 0) is 61.7 Å². The fraction of sp³-hybridized carbons (Fsp3) is 0.414. The SMILES string of the molecule is CCO[C@@H]1[C@@H](NC(=O)CC)c2ccccc2C12CCN(Cc1ccccc1-c1ccco1)CC2. The Kier molecular flexibility index (Phi) is 6.57. The first-order valence-electron chi connectivity index (χ1n) is 12.5. The Hall–Kier alpha value is -2.89. The minimum atomic E-state index is -0.0881. The van der Waals surface area contributed by atoms with E-state index in [-0.39, 0.29) is 23.5 Å². The molecule has 1 aliphatic heterocycles. The molecular weight excluding hydrogens is 424 g/mol. The van der Waals surface area contributed by atoms with Gasteiger partial charge in [0.25, 0.3) is 0 Å². The van der Waals surface area contributed by atoms with E-state index in [1.165, 1.54) is 16.7 Å². The molecule has 2 atom stereocenters. The number of carbonyl (C=O) groups excluding carboxylic acids is 1. The lowest BCUT2D eigenvalue weighted by Gasteiger charge is -2.44. The van der Waals surface area contributed by atoms with Crippen molar-refractivity contribution in [2.45, 2.75) is 57.2 Å². The summed E-state index contributed by atoms with van der Waals surface area (Å²) in [6.45, 7) is 7.46. The highest BCUT2D eigenvalue weighted by Gasteiger charge is 2.54. The minimum Gasteiger partial charge on any atom is -0.464 e. The normalized spacial score (nSPS) is 21.5. The number of fused-ring (bicyclic) bond motifs is 2. The van der Waals surface area contributed by atoms with Gasteiger partial charge in [-0.1, -0.05) is 55.5 Å². The molecule has 178 valence electrons. The maximum Gasteiger partial charge on any atom is 0.220 e. The third kappa shape index (κ3) is 4.08. The summed E-state index contributed by atoms with van der Waals surface area (Å²) in [5.74, 6) is 0.994. The first-order chi connectivity index (χ1) is 16.7. The van der Waals surface area contributed by atoms with Crippen LogP contribution in [-0.4, -0.2) is 36.6 Å². The number of hydrogen-bond acceptors (Lipinski definition) is 4. The molecule has 5 nitrogen and oxygen atoms in total. The van der Waals surface area contributed by atoms with Gasteiger partial charge in [0.2, 0.25) is 5.91 Å². The van der Waals surface area contributed by atoms with Crippen molar-refractivity contribution in [3.05, 3.63) is 83.6 Å². The van der Waals surface area contributed by atoms with E-state index < -0.39 is 0 Å². The second-order valence-corrected chi connectivity index (χ2v) is 9.43. The number of rotatable bonds is 7. The van der Waals surface area contributed by atoms with Crippen molar-refractivity contribution >= 4 is 5.91 Å².